The molecule has 1 aliphatic carbocycles. The zero-order chi connectivity index (χ0) is 14.9. The first-order chi connectivity index (χ1) is 10.1. The summed E-state index contributed by atoms with van der Waals surface area (Å²) >= 11 is 0. The summed E-state index contributed by atoms with van der Waals surface area (Å²) in [6.07, 6.45) is 5.19. The highest BCUT2D eigenvalue weighted by atomic mass is 16.5. The summed E-state index contributed by atoms with van der Waals surface area (Å²) in [4.78, 5) is 4.51. The summed E-state index contributed by atoms with van der Waals surface area (Å²) < 4.78 is 5.38. The van der Waals surface area contributed by atoms with Crippen molar-refractivity contribution in [2.75, 3.05) is 0 Å². The van der Waals surface area contributed by atoms with Crippen molar-refractivity contribution in [3.05, 3.63) is 35.7 Å². The van der Waals surface area contributed by atoms with Crippen LogP contribution >= 0.6 is 0 Å². The van der Waals surface area contributed by atoms with E-state index in [9.17, 15) is 0 Å². The molecule has 4 heteroatoms. The second-order valence-corrected chi connectivity index (χ2v) is 6.53. The normalized spacial score (nSPS) is 17.5. The standard InChI is InChI=1S/C17H23N3O/c1-12(2)13-5-7-14(8-6-13)16-19-15(21-20-16)11-17(18)9-3-4-10-17/h5-8,12H,3-4,9-11,18H2,1-2H3. The maximum Gasteiger partial charge on any atom is 0.228 e. The van der Waals surface area contributed by atoms with Gasteiger partial charge in [-0.3, -0.25) is 0 Å². The van der Waals surface area contributed by atoms with Gasteiger partial charge in [-0.1, -0.05) is 56.1 Å². The first kappa shape index (κ1) is 14.3. The smallest absolute Gasteiger partial charge is 0.228 e. The second-order valence-electron chi connectivity index (χ2n) is 6.53. The summed E-state index contributed by atoms with van der Waals surface area (Å²) in [5.41, 5.74) is 8.52. The third-order valence-corrected chi connectivity index (χ3v) is 4.41. The van der Waals surface area contributed by atoms with Crippen LogP contribution in [0.15, 0.2) is 28.8 Å². The third kappa shape index (κ3) is 3.16. The van der Waals surface area contributed by atoms with Crippen LogP contribution < -0.4 is 5.73 Å². The van der Waals surface area contributed by atoms with E-state index in [1.165, 1.54) is 18.4 Å². The molecule has 1 aromatic carbocycles. The number of nitrogens with two attached hydrogens (primary N) is 1. The summed E-state index contributed by atoms with van der Waals surface area (Å²) in [5, 5.41) is 4.09. The molecule has 1 saturated carbocycles. The van der Waals surface area contributed by atoms with Crippen molar-refractivity contribution in [1.82, 2.24) is 10.1 Å². The van der Waals surface area contributed by atoms with Crippen molar-refractivity contribution in [2.24, 2.45) is 5.73 Å². The maximum atomic E-state index is 6.36. The van der Waals surface area contributed by atoms with Crippen LogP contribution in [-0.2, 0) is 6.42 Å². The van der Waals surface area contributed by atoms with Gasteiger partial charge in [-0.25, -0.2) is 0 Å². The average molecular weight is 285 g/mol. The number of benzene rings is 1. The molecule has 0 spiro atoms. The molecule has 0 bridgehead atoms. The molecular formula is C17H23N3O. The van der Waals surface area contributed by atoms with Crippen LogP contribution in [0.5, 0.6) is 0 Å². The molecule has 0 radical (unpaired) electrons. The van der Waals surface area contributed by atoms with Gasteiger partial charge in [-0.15, -0.1) is 0 Å². The molecule has 1 aromatic heterocycles. The minimum atomic E-state index is -0.148. The molecule has 1 heterocycles. The van der Waals surface area contributed by atoms with E-state index in [1.54, 1.807) is 0 Å². The predicted octanol–water partition coefficient (Wildman–Crippen LogP) is 3.67. The predicted molar refractivity (Wildman–Crippen MR) is 82.9 cm³/mol. The summed E-state index contributed by atoms with van der Waals surface area (Å²) in [6, 6.07) is 8.35. The Morgan fingerprint density at radius 1 is 1.19 bits per heavy atom. The zero-order valence-electron chi connectivity index (χ0n) is 12.8. The van der Waals surface area contributed by atoms with E-state index < -0.39 is 0 Å². The Labute approximate surface area is 125 Å². The van der Waals surface area contributed by atoms with E-state index in [0.717, 1.165) is 18.4 Å². The van der Waals surface area contributed by atoms with Crippen LogP contribution in [0.4, 0.5) is 0 Å². The Kier molecular flexibility index (Phi) is 3.81. The molecule has 1 fully saturated rings. The Morgan fingerprint density at radius 3 is 2.48 bits per heavy atom. The van der Waals surface area contributed by atoms with Crippen LogP contribution in [0.1, 0.15) is 56.9 Å². The van der Waals surface area contributed by atoms with Gasteiger partial charge in [-0.05, 0) is 24.3 Å². The average Bonchev–Trinajstić information content (AvgIpc) is 3.09. The first-order valence-corrected chi connectivity index (χ1v) is 7.78. The highest BCUT2D eigenvalue weighted by molar-refractivity contribution is 5.54. The molecule has 2 N–H and O–H groups in total. The Hall–Kier alpha value is -1.68. The molecule has 4 nitrogen and oxygen atoms in total. The number of hydrogen-bond acceptors (Lipinski definition) is 4. The fourth-order valence-electron chi connectivity index (χ4n) is 3.02. The Bertz CT molecular complexity index is 595. The van der Waals surface area contributed by atoms with Gasteiger partial charge in [0.25, 0.3) is 0 Å². The minimum absolute atomic E-state index is 0.148. The summed E-state index contributed by atoms with van der Waals surface area (Å²) in [7, 11) is 0. The van der Waals surface area contributed by atoms with Crippen LogP contribution in [0, 0.1) is 0 Å². The van der Waals surface area contributed by atoms with Gasteiger partial charge in [0, 0.05) is 17.5 Å². The second kappa shape index (κ2) is 5.60. The number of rotatable bonds is 4. The molecule has 112 valence electrons. The van der Waals surface area contributed by atoms with Crippen LogP contribution in [-0.4, -0.2) is 15.7 Å². The molecular weight excluding hydrogens is 262 g/mol. The van der Waals surface area contributed by atoms with E-state index in [1.807, 2.05) is 0 Å². The first-order valence-electron chi connectivity index (χ1n) is 7.78. The quantitative estimate of drug-likeness (QED) is 0.930. The van der Waals surface area contributed by atoms with Crippen molar-refractivity contribution in [2.45, 2.75) is 57.4 Å². The van der Waals surface area contributed by atoms with E-state index in [2.05, 4.69) is 48.3 Å². The lowest BCUT2D eigenvalue weighted by Crippen LogP contribution is -2.38. The largest absolute Gasteiger partial charge is 0.339 e. The molecule has 0 atom stereocenters. The molecule has 0 saturated heterocycles. The van der Waals surface area contributed by atoms with Crippen molar-refractivity contribution < 1.29 is 4.52 Å². The van der Waals surface area contributed by atoms with Crippen LogP contribution in [0.3, 0.4) is 0 Å². The van der Waals surface area contributed by atoms with E-state index in [-0.39, 0.29) is 5.54 Å². The van der Waals surface area contributed by atoms with E-state index >= 15 is 0 Å². The van der Waals surface area contributed by atoms with Gasteiger partial charge < -0.3 is 10.3 Å². The fourth-order valence-corrected chi connectivity index (χ4v) is 3.02. The third-order valence-electron chi connectivity index (χ3n) is 4.41. The van der Waals surface area contributed by atoms with Crippen LogP contribution in [0.25, 0.3) is 11.4 Å². The van der Waals surface area contributed by atoms with Gasteiger partial charge in [0.1, 0.15) is 0 Å². The topological polar surface area (TPSA) is 64.9 Å². The highest BCUT2D eigenvalue weighted by Gasteiger charge is 2.31. The van der Waals surface area contributed by atoms with E-state index in [4.69, 9.17) is 10.3 Å². The molecule has 2 aromatic rings. The van der Waals surface area contributed by atoms with Crippen molar-refractivity contribution in [1.29, 1.82) is 0 Å². The highest BCUT2D eigenvalue weighted by Crippen LogP contribution is 2.30. The lowest BCUT2D eigenvalue weighted by atomic mass is 9.95. The molecule has 21 heavy (non-hydrogen) atoms. The number of nitrogens with zero attached hydrogens (tertiary/aromatic N) is 2. The van der Waals surface area contributed by atoms with Gasteiger partial charge in [-0.2, -0.15) is 4.98 Å². The SMILES string of the molecule is CC(C)c1ccc(-c2noc(CC3(N)CCCC3)n2)cc1. The van der Waals surface area contributed by atoms with Crippen molar-refractivity contribution in [3.63, 3.8) is 0 Å². The lowest BCUT2D eigenvalue weighted by Gasteiger charge is -2.20. The monoisotopic (exact) mass is 285 g/mol. The van der Waals surface area contributed by atoms with Gasteiger partial charge in [0.2, 0.25) is 11.7 Å². The Balaban J connectivity index is 1.75. The van der Waals surface area contributed by atoms with Gasteiger partial charge in [0.05, 0.1) is 0 Å². The number of aromatic nitrogens is 2. The fraction of sp³-hybridized carbons (Fsp3) is 0.529. The zero-order valence-corrected chi connectivity index (χ0v) is 12.8. The van der Waals surface area contributed by atoms with Gasteiger partial charge in [0.15, 0.2) is 0 Å². The summed E-state index contributed by atoms with van der Waals surface area (Å²) in [5.74, 6) is 1.84. The lowest BCUT2D eigenvalue weighted by molar-refractivity contribution is 0.329. The molecule has 3 rings (SSSR count). The summed E-state index contributed by atoms with van der Waals surface area (Å²) in [6.45, 7) is 4.37. The molecule has 0 unspecified atom stereocenters. The minimum Gasteiger partial charge on any atom is -0.339 e. The Morgan fingerprint density at radius 2 is 1.86 bits per heavy atom. The van der Waals surface area contributed by atoms with Gasteiger partial charge >= 0.3 is 0 Å². The maximum absolute atomic E-state index is 6.36. The van der Waals surface area contributed by atoms with Crippen molar-refractivity contribution in [3.8, 4) is 11.4 Å². The molecule has 0 amide bonds. The number of hydrogen-bond donors (Lipinski definition) is 1. The molecule has 0 aliphatic heterocycles. The van der Waals surface area contributed by atoms with Crippen molar-refractivity contribution >= 4 is 0 Å². The molecule has 1 aliphatic rings. The van der Waals surface area contributed by atoms with Crippen LogP contribution in [0.2, 0.25) is 0 Å². The van der Waals surface area contributed by atoms with E-state index in [0.29, 0.717) is 24.1 Å².